The van der Waals surface area contributed by atoms with Crippen molar-refractivity contribution in [3.8, 4) is 5.75 Å². The summed E-state index contributed by atoms with van der Waals surface area (Å²) < 4.78 is 5.83. The Labute approximate surface area is 186 Å². The number of allylic oxidation sites excluding steroid dienone is 4. The molecule has 31 heavy (non-hydrogen) atoms. The Bertz CT molecular complexity index is 941. The predicted octanol–water partition coefficient (Wildman–Crippen LogP) is 5.70. The summed E-state index contributed by atoms with van der Waals surface area (Å²) in [4.78, 5) is 0. The molecule has 0 heterocycles. The van der Waals surface area contributed by atoms with Crippen LogP contribution in [0.15, 0.2) is 59.2 Å². The van der Waals surface area contributed by atoms with Crippen LogP contribution in [0.3, 0.4) is 0 Å². The lowest BCUT2D eigenvalue weighted by molar-refractivity contribution is -0.0586. The number of aliphatic hydroxyl groups excluding tert-OH is 1. The first-order chi connectivity index (χ1) is 15.0. The number of hydrogen-bond donors (Lipinski definition) is 2. The van der Waals surface area contributed by atoms with Gasteiger partial charge in [-0.15, -0.1) is 0 Å². The van der Waals surface area contributed by atoms with Crippen LogP contribution in [0.1, 0.15) is 69.8 Å². The van der Waals surface area contributed by atoms with Crippen LogP contribution < -0.4 is 4.74 Å². The van der Waals surface area contributed by atoms with Gasteiger partial charge in [-0.3, -0.25) is 0 Å². The summed E-state index contributed by atoms with van der Waals surface area (Å²) in [6.07, 6.45) is 14.9. The molecule has 1 aromatic rings. The minimum Gasteiger partial charge on any atom is -0.496 e. The van der Waals surface area contributed by atoms with E-state index in [2.05, 4.69) is 31.2 Å². The first-order valence-corrected chi connectivity index (χ1v) is 12.1. The van der Waals surface area contributed by atoms with Gasteiger partial charge in [-0.05, 0) is 80.4 Å². The number of fused-ring (bicyclic) bond motifs is 4. The second-order valence-corrected chi connectivity index (χ2v) is 10.3. The van der Waals surface area contributed by atoms with Gasteiger partial charge in [0.15, 0.2) is 0 Å². The Hall–Kier alpha value is -1.84. The van der Waals surface area contributed by atoms with Crippen LogP contribution in [0.25, 0.3) is 0 Å². The van der Waals surface area contributed by atoms with Crippen molar-refractivity contribution in [3.05, 3.63) is 64.8 Å². The Balaban J connectivity index is 1.69. The molecule has 0 radical (unpaired) electrons. The van der Waals surface area contributed by atoms with Crippen molar-refractivity contribution >= 4 is 0 Å². The third-order valence-electron chi connectivity index (χ3n) is 9.03. The number of rotatable bonds is 4. The molecule has 166 valence electrons. The lowest BCUT2D eigenvalue weighted by atomic mass is 9.51. The third-order valence-corrected chi connectivity index (χ3v) is 9.03. The minimum absolute atomic E-state index is 0.0219. The molecule has 0 saturated heterocycles. The SMILES string of the molecule is COc1ccccc1[C@H]1C[C@@]2(C)[C@@H](CC[C@@]2(O)C=CCO)[C@@H]2CCC3=CCCCC3=C21. The van der Waals surface area contributed by atoms with Gasteiger partial charge in [0.1, 0.15) is 5.75 Å². The second kappa shape index (κ2) is 7.94. The lowest BCUT2D eigenvalue weighted by Crippen LogP contribution is -2.50. The van der Waals surface area contributed by atoms with Crippen LogP contribution in [0.2, 0.25) is 0 Å². The molecule has 0 bridgehead atoms. The van der Waals surface area contributed by atoms with Gasteiger partial charge in [0, 0.05) is 16.9 Å². The van der Waals surface area contributed by atoms with Gasteiger partial charge in [-0.1, -0.05) is 48.9 Å². The highest BCUT2D eigenvalue weighted by Crippen LogP contribution is 2.67. The number of ether oxygens (including phenoxy) is 1. The molecule has 2 N–H and O–H groups in total. The fourth-order valence-corrected chi connectivity index (χ4v) is 7.56. The first-order valence-electron chi connectivity index (χ1n) is 12.1. The average Bonchev–Trinajstić information content (AvgIpc) is 3.07. The van der Waals surface area contributed by atoms with Crippen LogP contribution in [0.4, 0.5) is 0 Å². The predicted molar refractivity (Wildman–Crippen MR) is 124 cm³/mol. The number of methoxy groups -OCH3 is 1. The highest BCUT2D eigenvalue weighted by Gasteiger charge is 2.62. The van der Waals surface area contributed by atoms with E-state index in [-0.39, 0.29) is 17.9 Å². The summed E-state index contributed by atoms with van der Waals surface area (Å²) in [5, 5.41) is 21.2. The molecule has 2 saturated carbocycles. The number of aliphatic hydroxyl groups is 2. The van der Waals surface area contributed by atoms with Crippen molar-refractivity contribution < 1.29 is 14.9 Å². The Morgan fingerprint density at radius 1 is 1.19 bits per heavy atom. The average molecular weight is 421 g/mol. The van der Waals surface area contributed by atoms with Crippen LogP contribution in [0.5, 0.6) is 5.75 Å². The third kappa shape index (κ3) is 3.15. The molecule has 3 nitrogen and oxygen atoms in total. The van der Waals surface area contributed by atoms with Crippen molar-refractivity contribution in [2.45, 2.75) is 69.8 Å². The molecule has 0 spiro atoms. The van der Waals surface area contributed by atoms with E-state index in [0.717, 1.165) is 25.0 Å². The van der Waals surface area contributed by atoms with Crippen molar-refractivity contribution in [2.75, 3.05) is 13.7 Å². The van der Waals surface area contributed by atoms with E-state index in [0.29, 0.717) is 11.8 Å². The highest BCUT2D eigenvalue weighted by atomic mass is 16.5. The molecular formula is C28H36O3. The van der Waals surface area contributed by atoms with Gasteiger partial charge in [0.25, 0.3) is 0 Å². The van der Waals surface area contributed by atoms with Crippen molar-refractivity contribution in [2.24, 2.45) is 17.3 Å². The van der Waals surface area contributed by atoms with E-state index in [1.54, 1.807) is 29.9 Å². The van der Waals surface area contributed by atoms with Gasteiger partial charge in [-0.2, -0.15) is 0 Å². The summed E-state index contributed by atoms with van der Waals surface area (Å²) in [7, 11) is 1.77. The van der Waals surface area contributed by atoms with Crippen molar-refractivity contribution in [3.63, 3.8) is 0 Å². The highest BCUT2D eigenvalue weighted by molar-refractivity contribution is 5.51. The van der Waals surface area contributed by atoms with E-state index in [1.165, 1.54) is 37.7 Å². The Morgan fingerprint density at radius 2 is 2.03 bits per heavy atom. The summed E-state index contributed by atoms with van der Waals surface area (Å²) >= 11 is 0. The van der Waals surface area contributed by atoms with Gasteiger partial charge in [0.2, 0.25) is 0 Å². The molecule has 4 aliphatic rings. The van der Waals surface area contributed by atoms with Gasteiger partial charge in [-0.25, -0.2) is 0 Å². The maximum absolute atomic E-state index is 11.8. The summed E-state index contributed by atoms with van der Waals surface area (Å²) in [6.45, 7) is 2.29. The fraction of sp³-hybridized carbons (Fsp3) is 0.571. The summed E-state index contributed by atoms with van der Waals surface area (Å²) in [6, 6.07) is 8.49. The van der Waals surface area contributed by atoms with E-state index in [4.69, 9.17) is 4.74 Å². The van der Waals surface area contributed by atoms with Gasteiger partial charge >= 0.3 is 0 Å². The number of hydrogen-bond acceptors (Lipinski definition) is 3. The molecule has 1 aromatic carbocycles. The Morgan fingerprint density at radius 3 is 2.84 bits per heavy atom. The molecule has 3 heteroatoms. The Kier molecular flexibility index (Phi) is 5.38. The summed E-state index contributed by atoms with van der Waals surface area (Å²) in [5.74, 6) is 2.24. The molecule has 4 aliphatic carbocycles. The standard InChI is InChI=1S/C28H36O3/c1-27-18-23(21-10-5-6-11-25(21)31-2)26-20-9-4-3-8-19(20)12-13-22(26)24(27)14-16-28(27,30)15-7-17-29/h5-8,10-11,15,22-24,29-30H,3-4,9,12-14,16-18H2,1-2H3/t22-,23+,24-,27-,28-/m0/s1. The van der Waals surface area contributed by atoms with Crippen LogP contribution in [-0.2, 0) is 0 Å². The topological polar surface area (TPSA) is 49.7 Å². The van der Waals surface area contributed by atoms with Crippen LogP contribution in [0, 0.1) is 17.3 Å². The zero-order valence-electron chi connectivity index (χ0n) is 18.9. The maximum Gasteiger partial charge on any atom is 0.122 e. The molecule has 5 atom stereocenters. The monoisotopic (exact) mass is 420 g/mol. The van der Waals surface area contributed by atoms with E-state index in [1.807, 2.05) is 12.1 Å². The second-order valence-electron chi connectivity index (χ2n) is 10.3. The fourth-order valence-electron chi connectivity index (χ4n) is 7.56. The van der Waals surface area contributed by atoms with Crippen molar-refractivity contribution in [1.82, 2.24) is 0 Å². The summed E-state index contributed by atoms with van der Waals surface area (Å²) in [5.41, 5.74) is 5.06. The molecule has 0 aromatic heterocycles. The zero-order valence-corrected chi connectivity index (χ0v) is 18.9. The normalized spacial score (nSPS) is 37.3. The molecule has 2 fully saturated rings. The smallest absolute Gasteiger partial charge is 0.122 e. The van der Waals surface area contributed by atoms with E-state index >= 15 is 0 Å². The number of para-hydroxylation sites is 1. The zero-order chi connectivity index (χ0) is 21.6. The number of benzene rings is 1. The van der Waals surface area contributed by atoms with Gasteiger partial charge in [0.05, 0.1) is 19.3 Å². The van der Waals surface area contributed by atoms with E-state index < -0.39 is 5.60 Å². The first kappa shape index (κ1) is 21.0. The van der Waals surface area contributed by atoms with Crippen molar-refractivity contribution in [1.29, 1.82) is 0 Å². The minimum atomic E-state index is -0.862. The molecule has 5 rings (SSSR count). The molecule has 0 amide bonds. The maximum atomic E-state index is 11.8. The largest absolute Gasteiger partial charge is 0.496 e. The molecular weight excluding hydrogens is 384 g/mol. The van der Waals surface area contributed by atoms with E-state index in [9.17, 15) is 10.2 Å². The lowest BCUT2D eigenvalue weighted by Gasteiger charge is -2.54. The quantitative estimate of drug-likeness (QED) is 0.615. The van der Waals surface area contributed by atoms with Gasteiger partial charge < -0.3 is 14.9 Å². The van der Waals surface area contributed by atoms with Crippen LogP contribution >= 0.6 is 0 Å². The molecule has 0 aliphatic heterocycles. The van der Waals surface area contributed by atoms with Crippen LogP contribution in [-0.4, -0.2) is 29.5 Å². The molecule has 0 unspecified atom stereocenters.